The van der Waals surface area contributed by atoms with E-state index in [1.807, 2.05) is 11.9 Å². The van der Waals surface area contributed by atoms with Crippen LogP contribution in [0.15, 0.2) is 18.2 Å². The van der Waals surface area contributed by atoms with Crippen molar-refractivity contribution < 1.29 is 4.79 Å². The topological polar surface area (TPSA) is 20.3 Å². The molecule has 90 valence electrons. The van der Waals surface area contributed by atoms with Gasteiger partial charge in [-0.1, -0.05) is 31.4 Å². The number of hydrogen-bond acceptors (Lipinski definition) is 1. The molecule has 0 saturated heterocycles. The Labute approximate surface area is 103 Å². The molecule has 0 N–H and O–H groups in total. The van der Waals surface area contributed by atoms with Crippen LogP contribution < -0.4 is 4.90 Å². The highest BCUT2D eigenvalue weighted by Crippen LogP contribution is 2.50. The molecule has 1 aliphatic heterocycles. The molecule has 2 heteroatoms. The third kappa shape index (κ3) is 1.30. The number of benzene rings is 1. The summed E-state index contributed by atoms with van der Waals surface area (Å²) in [4.78, 5) is 14.5. The fraction of sp³-hybridized carbons (Fsp3) is 0.533. The maximum atomic E-state index is 12.6. The van der Waals surface area contributed by atoms with E-state index in [2.05, 4.69) is 25.1 Å². The second-order valence-electron chi connectivity index (χ2n) is 5.48. The largest absolute Gasteiger partial charge is 0.314 e. The summed E-state index contributed by atoms with van der Waals surface area (Å²) in [7, 11) is 1.92. The van der Waals surface area contributed by atoms with Crippen LogP contribution in [0, 0.1) is 6.92 Å². The number of hydrogen-bond donors (Lipinski definition) is 0. The van der Waals surface area contributed by atoms with Gasteiger partial charge in [-0.25, -0.2) is 0 Å². The standard InChI is InChI=1S/C15H19NO/c1-11-7-6-8-12-13(11)15(14(17)16(12)2)9-4-3-5-10-15/h6-8H,3-5,9-10H2,1-2H3. The average molecular weight is 229 g/mol. The summed E-state index contributed by atoms with van der Waals surface area (Å²) in [5.41, 5.74) is 3.54. The van der Waals surface area contributed by atoms with Crippen LogP contribution in [0.25, 0.3) is 0 Å². The van der Waals surface area contributed by atoms with Gasteiger partial charge in [0.25, 0.3) is 0 Å². The molecule has 1 aromatic rings. The molecule has 1 aromatic carbocycles. The van der Waals surface area contributed by atoms with E-state index < -0.39 is 0 Å². The van der Waals surface area contributed by atoms with Crippen LogP contribution in [0.4, 0.5) is 5.69 Å². The first-order chi connectivity index (χ1) is 8.17. The van der Waals surface area contributed by atoms with Crippen molar-refractivity contribution in [1.29, 1.82) is 0 Å². The molecule has 1 aliphatic carbocycles. The monoisotopic (exact) mass is 229 g/mol. The molecule has 0 radical (unpaired) electrons. The van der Waals surface area contributed by atoms with Crippen molar-refractivity contribution in [2.45, 2.75) is 44.4 Å². The first kappa shape index (κ1) is 10.8. The predicted octanol–water partition coefficient (Wildman–Crippen LogP) is 3.17. The van der Waals surface area contributed by atoms with Crippen molar-refractivity contribution in [2.75, 3.05) is 11.9 Å². The second-order valence-corrected chi connectivity index (χ2v) is 5.48. The van der Waals surface area contributed by atoms with Crippen LogP contribution in [-0.4, -0.2) is 13.0 Å². The number of carbonyl (C=O) groups is 1. The Hall–Kier alpha value is -1.31. The van der Waals surface area contributed by atoms with Gasteiger partial charge in [-0.05, 0) is 37.0 Å². The van der Waals surface area contributed by atoms with Gasteiger partial charge in [0.15, 0.2) is 0 Å². The summed E-state index contributed by atoms with van der Waals surface area (Å²) in [6.07, 6.45) is 5.72. The van der Waals surface area contributed by atoms with Crippen LogP contribution in [0.3, 0.4) is 0 Å². The lowest BCUT2D eigenvalue weighted by Crippen LogP contribution is -2.40. The molecule has 1 saturated carbocycles. The summed E-state index contributed by atoms with van der Waals surface area (Å²) in [6, 6.07) is 6.28. The van der Waals surface area contributed by atoms with Gasteiger partial charge in [-0.2, -0.15) is 0 Å². The van der Waals surface area contributed by atoms with Gasteiger partial charge in [0.05, 0.1) is 5.41 Å². The van der Waals surface area contributed by atoms with Crippen molar-refractivity contribution in [1.82, 2.24) is 0 Å². The quantitative estimate of drug-likeness (QED) is 0.669. The Morgan fingerprint density at radius 1 is 1.18 bits per heavy atom. The third-order valence-corrected chi connectivity index (χ3v) is 4.51. The number of likely N-dealkylation sites (N-methyl/N-ethyl adjacent to an activating group) is 1. The molecule has 1 amide bonds. The zero-order chi connectivity index (χ0) is 12.0. The van der Waals surface area contributed by atoms with Gasteiger partial charge in [-0.15, -0.1) is 0 Å². The maximum absolute atomic E-state index is 12.6. The predicted molar refractivity (Wildman–Crippen MR) is 69.4 cm³/mol. The summed E-state index contributed by atoms with van der Waals surface area (Å²) < 4.78 is 0. The van der Waals surface area contributed by atoms with Crippen LogP contribution in [-0.2, 0) is 10.2 Å². The number of amides is 1. The lowest BCUT2D eigenvalue weighted by molar-refractivity contribution is -0.124. The van der Waals surface area contributed by atoms with Crippen molar-refractivity contribution in [3.63, 3.8) is 0 Å². The van der Waals surface area contributed by atoms with Gasteiger partial charge in [0, 0.05) is 12.7 Å². The normalized spacial score (nSPS) is 22.0. The maximum Gasteiger partial charge on any atom is 0.237 e. The van der Waals surface area contributed by atoms with Crippen molar-refractivity contribution in [3.8, 4) is 0 Å². The molecule has 2 nitrogen and oxygen atoms in total. The second kappa shape index (κ2) is 3.59. The highest BCUT2D eigenvalue weighted by Gasteiger charge is 2.50. The van der Waals surface area contributed by atoms with Gasteiger partial charge < -0.3 is 4.90 Å². The molecular formula is C15H19NO. The molecule has 0 unspecified atom stereocenters. The summed E-state index contributed by atoms with van der Waals surface area (Å²) >= 11 is 0. The molecular weight excluding hydrogens is 210 g/mol. The van der Waals surface area contributed by atoms with Crippen molar-refractivity contribution >= 4 is 11.6 Å². The zero-order valence-corrected chi connectivity index (χ0v) is 10.6. The Morgan fingerprint density at radius 3 is 2.59 bits per heavy atom. The van der Waals surface area contributed by atoms with Crippen LogP contribution in [0.1, 0.15) is 43.2 Å². The minimum atomic E-state index is -0.187. The van der Waals surface area contributed by atoms with Crippen molar-refractivity contribution in [2.24, 2.45) is 0 Å². The van der Waals surface area contributed by atoms with E-state index in [-0.39, 0.29) is 5.41 Å². The van der Waals surface area contributed by atoms with Gasteiger partial charge in [0.1, 0.15) is 0 Å². The summed E-state index contributed by atoms with van der Waals surface area (Å²) in [6.45, 7) is 2.14. The Bertz CT molecular complexity index is 472. The van der Waals surface area contributed by atoms with Crippen LogP contribution in [0.2, 0.25) is 0 Å². The number of anilines is 1. The Morgan fingerprint density at radius 2 is 1.88 bits per heavy atom. The lowest BCUT2D eigenvalue weighted by Gasteiger charge is -2.32. The summed E-state index contributed by atoms with van der Waals surface area (Å²) in [5, 5.41) is 0. The molecule has 0 aromatic heterocycles. The highest BCUT2D eigenvalue weighted by molar-refractivity contribution is 6.08. The van der Waals surface area contributed by atoms with E-state index in [0.717, 1.165) is 18.5 Å². The number of carbonyl (C=O) groups excluding carboxylic acids is 1. The van der Waals surface area contributed by atoms with Crippen molar-refractivity contribution in [3.05, 3.63) is 29.3 Å². The molecule has 2 aliphatic rings. The average Bonchev–Trinajstić information content (AvgIpc) is 2.55. The number of fused-ring (bicyclic) bond motifs is 2. The van der Waals surface area contributed by atoms with E-state index in [1.165, 1.54) is 30.4 Å². The fourth-order valence-electron chi connectivity index (χ4n) is 3.71. The van der Waals surface area contributed by atoms with E-state index >= 15 is 0 Å². The Balaban J connectivity index is 2.22. The zero-order valence-electron chi connectivity index (χ0n) is 10.6. The molecule has 3 rings (SSSR count). The Kier molecular flexibility index (Phi) is 2.29. The SMILES string of the molecule is Cc1cccc2c1C1(CCCCC1)C(=O)N2C. The number of rotatable bonds is 0. The molecule has 17 heavy (non-hydrogen) atoms. The number of aryl methyl sites for hydroxylation is 1. The number of nitrogens with zero attached hydrogens (tertiary/aromatic N) is 1. The van der Waals surface area contributed by atoms with Gasteiger partial charge in [0.2, 0.25) is 5.91 Å². The fourth-order valence-corrected chi connectivity index (χ4v) is 3.71. The van der Waals surface area contributed by atoms with E-state index in [0.29, 0.717) is 5.91 Å². The first-order valence-electron chi connectivity index (χ1n) is 6.55. The molecule has 1 spiro atoms. The smallest absolute Gasteiger partial charge is 0.237 e. The van der Waals surface area contributed by atoms with E-state index in [9.17, 15) is 4.79 Å². The lowest BCUT2D eigenvalue weighted by atomic mass is 9.69. The van der Waals surface area contributed by atoms with Gasteiger partial charge in [-0.3, -0.25) is 4.79 Å². The molecule has 1 heterocycles. The van der Waals surface area contributed by atoms with Crippen LogP contribution in [0.5, 0.6) is 0 Å². The molecule has 1 fully saturated rings. The van der Waals surface area contributed by atoms with Crippen LogP contribution >= 0.6 is 0 Å². The van der Waals surface area contributed by atoms with E-state index in [4.69, 9.17) is 0 Å². The van der Waals surface area contributed by atoms with Gasteiger partial charge >= 0.3 is 0 Å². The summed E-state index contributed by atoms with van der Waals surface area (Å²) in [5.74, 6) is 0.321. The molecule has 0 atom stereocenters. The minimum absolute atomic E-state index is 0.187. The third-order valence-electron chi connectivity index (χ3n) is 4.51. The van der Waals surface area contributed by atoms with E-state index in [1.54, 1.807) is 0 Å². The minimum Gasteiger partial charge on any atom is -0.314 e. The molecule has 0 bridgehead atoms. The highest BCUT2D eigenvalue weighted by atomic mass is 16.2. The first-order valence-corrected chi connectivity index (χ1v) is 6.55.